The third kappa shape index (κ3) is 8.53. The van der Waals surface area contributed by atoms with Gasteiger partial charge in [0, 0.05) is 17.9 Å². The first-order chi connectivity index (χ1) is 23.3. The lowest BCUT2D eigenvalue weighted by Gasteiger charge is -2.35. The number of allylic oxidation sites excluding steroid dienone is 2. The molecule has 1 aliphatic heterocycles. The Kier molecular flexibility index (Phi) is 11.5. The van der Waals surface area contributed by atoms with Gasteiger partial charge in [0.1, 0.15) is 29.5 Å². The number of esters is 1. The number of carbonyl (C=O) groups is 3. The van der Waals surface area contributed by atoms with Crippen LogP contribution >= 0.6 is 0 Å². The van der Waals surface area contributed by atoms with Crippen LogP contribution in [0.15, 0.2) is 43.5 Å². The van der Waals surface area contributed by atoms with E-state index in [9.17, 15) is 14.4 Å². The lowest BCUT2D eigenvalue weighted by molar-refractivity contribution is -0.156. The summed E-state index contributed by atoms with van der Waals surface area (Å²) in [5.74, 6) is -5.46. The highest BCUT2D eigenvalue weighted by atomic mass is 19.3. The summed E-state index contributed by atoms with van der Waals surface area (Å²) >= 11 is 0. The van der Waals surface area contributed by atoms with Crippen molar-refractivity contribution >= 4 is 29.0 Å². The molecule has 2 aromatic rings. The van der Waals surface area contributed by atoms with Crippen molar-refractivity contribution in [2.75, 3.05) is 20.3 Å². The number of hydrogen-bond acceptors (Lipinski definition) is 9. The number of rotatable bonds is 14. The molecule has 0 radical (unpaired) electrons. The van der Waals surface area contributed by atoms with E-state index in [2.05, 4.69) is 28.4 Å². The Bertz CT molecular complexity index is 1610. The van der Waals surface area contributed by atoms with Crippen molar-refractivity contribution in [3.8, 4) is 11.6 Å². The van der Waals surface area contributed by atoms with Crippen molar-refractivity contribution in [3.05, 3.63) is 49.2 Å². The molecule has 11 nitrogen and oxygen atoms in total. The van der Waals surface area contributed by atoms with Gasteiger partial charge in [-0.3, -0.25) is 4.79 Å². The fourth-order valence-corrected chi connectivity index (χ4v) is 6.15. The molecule has 6 atom stereocenters. The van der Waals surface area contributed by atoms with E-state index >= 15 is 8.78 Å². The van der Waals surface area contributed by atoms with Crippen molar-refractivity contribution in [1.82, 2.24) is 20.2 Å². The topological polar surface area (TPSA) is 129 Å². The Balaban J connectivity index is 1.67. The molecule has 1 aliphatic carbocycles. The molecular formula is C37H50F2N4O7. The number of likely N-dealkylation sites (tertiary alicyclic amines) is 1. The van der Waals surface area contributed by atoms with Crippen molar-refractivity contribution < 1.29 is 42.1 Å². The van der Waals surface area contributed by atoms with Crippen LogP contribution in [0.1, 0.15) is 73.4 Å². The number of hydrogen-bond donors (Lipinski definition) is 1. The standard InChI is InChI=1S/C37H50F2N4O7/c1-11-13-14-23-18-36(23,9)50-34(46)42-30(35(6,7)8)32(44)43-19-27(22(5)28(43)33(45)48-20-21(3)4)49-31-29(37(38,39)12-2)40-25-16-15-24(47-10)17-26(25)41-31/h11-12,15-17,21-23,27-28,30H,1-2,13-14,18-20H2,3-10H3,(H,42,46)/t22-,23?,27+,28+,30-,36?/m1/s1. The monoisotopic (exact) mass is 700 g/mol. The number of nitrogens with zero attached hydrogens (tertiary/aromatic N) is 3. The van der Waals surface area contributed by atoms with Gasteiger partial charge >= 0.3 is 18.0 Å². The Morgan fingerprint density at radius 2 is 1.86 bits per heavy atom. The molecule has 2 fully saturated rings. The van der Waals surface area contributed by atoms with Gasteiger partial charge in [-0.1, -0.05) is 54.2 Å². The molecule has 2 aliphatic rings. The molecule has 1 aromatic heterocycles. The molecule has 1 aromatic carbocycles. The normalized spacial score (nSPS) is 24.0. The van der Waals surface area contributed by atoms with Crippen LogP contribution in [-0.2, 0) is 25.0 Å². The predicted octanol–water partition coefficient (Wildman–Crippen LogP) is 6.60. The molecule has 13 heteroatoms. The minimum Gasteiger partial charge on any atom is -0.497 e. The van der Waals surface area contributed by atoms with Gasteiger partial charge in [-0.2, -0.15) is 8.78 Å². The number of carbonyl (C=O) groups excluding carboxylic acids is 3. The number of nitrogens with one attached hydrogen (secondary N) is 1. The van der Waals surface area contributed by atoms with E-state index in [4.69, 9.17) is 18.9 Å². The number of aromatic nitrogens is 2. The van der Waals surface area contributed by atoms with E-state index in [0.717, 1.165) is 12.8 Å². The highest BCUT2D eigenvalue weighted by Crippen LogP contribution is 2.49. The highest BCUT2D eigenvalue weighted by molar-refractivity contribution is 5.91. The SMILES string of the molecule is C=CCCC1CC1(C)OC(=O)N[C@H](C(=O)N1C[C@H](Oc2nc3cc(OC)ccc3nc2C(F)(F)C=C)[C@@H](C)[C@H]1C(=O)OCC(C)C)C(C)(C)C. The fourth-order valence-electron chi connectivity index (χ4n) is 6.15. The molecule has 274 valence electrons. The molecule has 1 saturated carbocycles. The summed E-state index contributed by atoms with van der Waals surface area (Å²) in [6, 6.07) is 2.33. The van der Waals surface area contributed by atoms with Crippen molar-refractivity contribution in [1.29, 1.82) is 0 Å². The first-order valence-electron chi connectivity index (χ1n) is 17.0. The molecule has 0 bridgehead atoms. The van der Waals surface area contributed by atoms with Gasteiger partial charge in [0.05, 0.1) is 31.3 Å². The lowest BCUT2D eigenvalue weighted by atomic mass is 9.85. The molecule has 2 amide bonds. The van der Waals surface area contributed by atoms with Gasteiger partial charge in [-0.25, -0.2) is 19.6 Å². The minimum absolute atomic E-state index is 0.0123. The minimum atomic E-state index is -3.62. The molecule has 4 rings (SSSR count). The summed E-state index contributed by atoms with van der Waals surface area (Å²) in [6.07, 6.45) is 2.85. The van der Waals surface area contributed by atoms with Crippen LogP contribution in [0.4, 0.5) is 13.6 Å². The van der Waals surface area contributed by atoms with Crippen LogP contribution < -0.4 is 14.8 Å². The van der Waals surface area contributed by atoms with E-state index in [1.807, 2.05) is 26.8 Å². The summed E-state index contributed by atoms with van der Waals surface area (Å²) in [5, 5.41) is 2.75. The van der Waals surface area contributed by atoms with Gasteiger partial charge in [0.15, 0.2) is 5.69 Å². The average Bonchev–Trinajstić information content (AvgIpc) is 3.57. The van der Waals surface area contributed by atoms with Crippen LogP contribution in [0.3, 0.4) is 0 Å². The van der Waals surface area contributed by atoms with E-state index in [1.165, 1.54) is 24.1 Å². The molecule has 1 N–H and O–H groups in total. The Hall–Kier alpha value is -4.29. The van der Waals surface area contributed by atoms with E-state index in [1.54, 1.807) is 33.8 Å². The first-order valence-corrected chi connectivity index (χ1v) is 17.0. The maximum atomic E-state index is 15.2. The van der Waals surface area contributed by atoms with Gasteiger partial charge in [0.25, 0.3) is 0 Å². The zero-order valence-corrected chi connectivity index (χ0v) is 30.3. The summed E-state index contributed by atoms with van der Waals surface area (Å²) in [6.45, 7) is 19.5. The molecule has 50 heavy (non-hydrogen) atoms. The quantitative estimate of drug-likeness (QED) is 0.171. The zero-order chi connectivity index (χ0) is 37.2. The van der Waals surface area contributed by atoms with Crippen molar-refractivity contribution in [3.63, 3.8) is 0 Å². The van der Waals surface area contributed by atoms with E-state index < -0.39 is 70.6 Å². The molecular weight excluding hydrogens is 650 g/mol. The van der Waals surface area contributed by atoms with E-state index in [0.29, 0.717) is 18.2 Å². The zero-order valence-electron chi connectivity index (χ0n) is 30.3. The van der Waals surface area contributed by atoms with Crippen LogP contribution in [0.25, 0.3) is 11.0 Å². The fraction of sp³-hybridized carbons (Fsp3) is 0.595. The predicted molar refractivity (Wildman–Crippen MR) is 184 cm³/mol. The van der Waals surface area contributed by atoms with Crippen molar-refractivity contribution in [2.45, 2.75) is 97.4 Å². The number of halogens is 2. The summed E-state index contributed by atoms with van der Waals surface area (Å²) < 4.78 is 53.3. The third-order valence-electron chi connectivity index (χ3n) is 9.33. The van der Waals surface area contributed by atoms with Gasteiger partial charge in [-0.05, 0) is 55.7 Å². The number of fused-ring (bicyclic) bond motifs is 1. The van der Waals surface area contributed by atoms with Crippen LogP contribution in [0.2, 0.25) is 0 Å². The highest BCUT2D eigenvalue weighted by Gasteiger charge is 2.55. The first kappa shape index (κ1) is 38.5. The average molecular weight is 701 g/mol. The summed E-state index contributed by atoms with van der Waals surface area (Å²) in [4.78, 5) is 51.1. The molecule has 0 spiro atoms. The lowest BCUT2D eigenvalue weighted by Crippen LogP contribution is -2.57. The molecule has 2 heterocycles. The van der Waals surface area contributed by atoms with Gasteiger partial charge < -0.3 is 29.2 Å². The van der Waals surface area contributed by atoms with E-state index in [-0.39, 0.29) is 36.0 Å². The smallest absolute Gasteiger partial charge is 0.408 e. The number of alkyl halides is 2. The van der Waals surface area contributed by atoms with Gasteiger partial charge in [0.2, 0.25) is 11.8 Å². The third-order valence-corrected chi connectivity index (χ3v) is 9.33. The Labute approximate surface area is 292 Å². The molecule has 2 unspecified atom stereocenters. The van der Waals surface area contributed by atoms with Crippen LogP contribution in [0, 0.1) is 23.2 Å². The Morgan fingerprint density at radius 1 is 1.16 bits per heavy atom. The second kappa shape index (κ2) is 14.9. The number of alkyl carbamates (subject to hydrolysis) is 1. The maximum Gasteiger partial charge on any atom is 0.408 e. The Morgan fingerprint density at radius 3 is 2.46 bits per heavy atom. The summed E-state index contributed by atoms with van der Waals surface area (Å²) in [7, 11) is 1.46. The largest absolute Gasteiger partial charge is 0.497 e. The number of methoxy groups -OCH3 is 1. The number of ether oxygens (including phenoxy) is 4. The maximum absolute atomic E-state index is 15.2. The summed E-state index contributed by atoms with van der Waals surface area (Å²) in [5.41, 5.74) is -1.82. The second-order valence-electron chi connectivity index (χ2n) is 14.9. The number of benzene rings is 1. The van der Waals surface area contributed by atoms with Crippen LogP contribution in [-0.4, -0.2) is 76.9 Å². The molecule has 1 saturated heterocycles. The van der Waals surface area contributed by atoms with Crippen LogP contribution in [0.5, 0.6) is 11.6 Å². The van der Waals surface area contributed by atoms with Gasteiger partial charge in [-0.15, -0.1) is 6.58 Å². The second-order valence-corrected chi connectivity index (χ2v) is 14.9. The number of amides is 2. The van der Waals surface area contributed by atoms with Crippen molar-refractivity contribution in [2.24, 2.45) is 23.2 Å².